The Bertz CT molecular complexity index is 979. The summed E-state index contributed by atoms with van der Waals surface area (Å²) in [5.74, 6) is 1.95. The number of hydrogen-bond donors (Lipinski definition) is 2. The Kier molecular flexibility index (Phi) is 9.16. The number of fused-ring (bicyclic) bond motifs is 1. The second-order valence-corrected chi connectivity index (χ2v) is 8.63. The molecule has 1 atom stereocenters. The van der Waals surface area contributed by atoms with E-state index in [0.717, 1.165) is 17.7 Å². The van der Waals surface area contributed by atoms with Crippen molar-refractivity contribution in [3.05, 3.63) is 48.0 Å². The maximum absolute atomic E-state index is 12.9. The smallest absolute Gasteiger partial charge is 0.238 e. The lowest BCUT2D eigenvalue weighted by Gasteiger charge is -2.26. The van der Waals surface area contributed by atoms with Crippen molar-refractivity contribution in [2.24, 2.45) is 5.92 Å². The molecule has 0 radical (unpaired) electrons. The molecule has 0 spiro atoms. The number of hydrogen-bond acceptors (Lipinski definition) is 6. The number of likely N-dealkylation sites (N-methyl/N-ethyl adjacent to an activating group) is 1. The van der Waals surface area contributed by atoms with Crippen LogP contribution < -0.4 is 24.8 Å². The van der Waals surface area contributed by atoms with E-state index in [1.54, 1.807) is 24.1 Å². The number of methoxy groups -OCH3 is 1. The first-order valence-electron chi connectivity index (χ1n) is 11.7. The zero-order chi connectivity index (χ0) is 24.5. The summed E-state index contributed by atoms with van der Waals surface area (Å²) < 4.78 is 16.7. The molecule has 1 aliphatic rings. The van der Waals surface area contributed by atoms with Crippen LogP contribution in [0, 0.1) is 5.92 Å². The first-order chi connectivity index (χ1) is 16.4. The first kappa shape index (κ1) is 25.4. The van der Waals surface area contributed by atoms with E-state index in [2.05, 4.69) is 24.5 Å². The molecule has 1 aliphatic heterocycles. The Morgan fingerprint density at radius 2 is 1.76 bits per heavy atom. The Labute approximate surface area is 201 Å². The topological polar surface area (TPSA) is 89.1 Å². The van der Waals surface area contributed by atoms with Gasteiger partial charge in [0.15, 0.2) is 11.5 Å². The van der Waals surface area contributed by atoms with Gasteiger partial charge in [-0.3, -0.25) is 14.5 Å². The number of benzene rings is 2. The molecule has 1 unspecified atom stereocenters. The van der Waals surface area contributed by atoms with Gasteiger partial charge in [-0.1, -0.05) is 32.9 Å². The molecule has 1 heterocycles. The largest absolute Gasteiger partial charge is 0.497 e. The molecular weight excluding hydrogens is 434 g/mol. The zero-order valence-electron chi connectivity index (χ0n) is 20.4. The minimum Gasteiger partial charge on any atom is -0.497 e. The fourth-order valence-corrected chi connectivity index (χ4v) is 3.81. The molecule has 0 bridgehead atoms. The molecular formula is C26H35N3O5. The van der Waals surface area contributed by atoms with Crippen LogP contribution in [0.1, 0.15) is 38.8 Å². The Hall–Kier alpha value is -3.26. The van der Waals surface area contributed by atoms with Crippen LogP contribution in [0.25, 0.3) is 0 Å². The van der Waals surface area contributed by atoms with Gasteiger partial charge in [0.2, 0.25) is 11.8 Å². The molecule has 0 aliphatic carbocycles. The molecule has 184 valence electrons. The maximum Gasteiger partial charge on any atom is 0.238 e. The minimum atomic E-state index is -0.189. The van der Waals surface area contributed by atoms with E-state index < -0.39 is 0 Å². The fraction of sp³-hybridized carbons (Fsp3) is 0.462. The van der Waals surface area contributed by atoms with Crippen molar-refractivity contribution in [2.75, 3.05) is 45.3 Å². The van der Waals surface area contributed by atoms with Crippen molar-refractivity contribution < 1.29 is 23.8 Å². The molecule has 2 aromatic carbocycles. The third-order valence-corrected chi connectivity index (χ3v) is 5.65. The van der Waals surface area contributed by atoms with Gasteiger partial charge in [0, 0.05) is 18.2 Å². The standard InChI is InChI=1S/C26H35N3O5/c1-5-29(16-24(30)27-20-8-6-9-21(15-20)32-4)17-25(31)28-26(18(2)3)19-10-11-22-23(14-19)34-13-7-12-33-22/h6,8-11,14-15,18,26H,5,7,12-13,16-17H2,1-4H3,(H,27,30)(H,28,31). The highest BCUT2D eigenvalue weighted by atomic mass is 16.5. The predicted molar refractivity (Wildman–Crippen MR) is 132 cm³/mol. The lowest BCUT2D eigenvalue weighted by Crippen LogP contribution is -2.42. The van der Waals surface area contributed by atoms with E-state index in [0.29, 0.717) is 36.9 Å². The summed E-state index contributed by atoms with van der Waals surface area (Å²) >= 11 is 0. The number of rotatable bonds is 10. The zero-order valence-corrected chi connectivity index (χ0v) is 20.4. The molecule has 34 heavy (non-hydrogen) atoms. The van der Waals surface area contributed by atoms with Crippen LogP contribution in [0.2, 0.25) is 0 Å². The van der Waals surface area contributed by atoms with Crippen molar-refractivity contribution in [3.63, 3.8) is 0 Å². The monoisotopic (exact) mass is 469 g/mol. The molecule has 0 aromatic heterocycles. The highest BCUT2D eigenvalue weighted by molar-refractivity contribution is 5.92. The number of nitrogens with one attached hydrogen (secondary N) is 2. The van der Waals surface area contributed by atoms with Crippen molar-refractivity contribution in [1.29, 1.82) is 0 Å². The summed E-state index contributed by atoms with van der Waals surface area (Å²) in [5.41, 5.74) is 1.62. The van der Waals surface area contributed by atoms with Crippen LogP contribution in [0.4, 0.5) is 5.69 Å². The van der Waals surface area contributed by atoms with Crippen LogP contribution in [-0.2, 0) is 9.59 Å². The number of carbonyl (C=O) groups excluding carboxylic acids is 2. The Morgan fingerprint density at radius 1 is 1.03 bits per heavy atom. The number of nitrogens with zero attached hydrogens (tertiary/aromatic N) is 1. The van der Waals surface area contributed by atoms with Crippen LogP contribution in [-0.4, -0.2) is 56.7 Å². The van der Waals surface area contributed by atoms with Gasteiger partial charge in [0.1, 0.15) is 5.75 Å². The van der Waals surface area contributed by atoms with E-state index >= 15 is 0 Å². The van der Waals surface area contributed by atoms with Crippen LogP contribution >= 0.6 is 0 Å². The van der Waals surface area contributed by atoms with Gasteiger partial charge in [-0.25, -0.2) is 0 Å². The van der Waals surface area contributed by atoms with E-state index in [1.807, 2.05) is 37.3 Å². The minimum absolute atomic E-state index is 0.109. The maximum atomic E-state index is 12.9. The molecule has 2 N–H and O–H groups in total. The van der Waals surface area contributed by atoms with Gasteiger partial charge < -0.3 is 24.8 Å². The molecule has 2 aromatic rings. The van der Waals surface area contributed by atoms with E-state index in [1.165, 1.54) is 0 Å². The molecule has 2 amide bonds. The van der Waals surface area contributed by atoms with Crippen molar-refractivity contribution in [2.45, 2.75) is 33.2 Å². The van der Waals surface area contributed by atoms with Gasteiger partial charge in [-0.15, -0.1) is 0 Å². The normalized spacial score (nSPS) is 13.8. The summed E-state index contributed by atoms with van der Waals surface area (Å²) in [6.45, 7) is 8.09. The average molecular weight is 470 g/mol. The van der Waals surface area contributed by atoms with Gasteiger partial charge >= 0.3 is 0 Å². The third-order valence-electron chi connectivity index (χ3n) is 5.65. The van der Waals surface area contributed by atoms with Crippen molar-refractivity contribution in [1.82, 2.24) is 10.2 Å². The highest BCUT2D eigenvalue weighted by Gasteiger charge is 2.22. The number of anilines is 1. The van der Waals surface area contributed by atoms with Gasteiger partial charge in [-0.2, -0.15) is 0 Å². The quantitative estimate of drug-likeness (QED) is 0.552. The first-order valence-corrected chi connectivity index (χ1v) is 11.7. The van der Waals surface area contributed by atoms with E-state index in [-0.39, 0.29) is 36.9 Å². The molecule has 8 nitrogen and oxygen atoms in total. The second kappa shape index (κ2) is 12.3. The van der Waals surface area contributed by atoms with Gasteiger partial charge in [-0.05, 0) is 42.3 Å². The fourth-order valence-electron chi connectivity index (χ4n) is 3.81. The van der Waals surface area contributed by atoms with Gasteiger partial charge in [0.05, 0.1) is 39.5 Å². The second-order valence-electron chi connectivity index (χ2n) is 8.63. The number of carbonyl (C=O) groups is 2. The SMILES string of the molecule is CCN(CC(=O)Nc1cccc(OC)c1)CC(=O)NC(c1ccc2c(c1)OCCCO2)C(C)C. The summed E-state index contributed by atoms with van der Waals surface area (Å²) in [4.78, 5) is 27.2. The molecule has 0 saturated heterocycles. The molecule has 0 saturated carbocycles. The summed E-state index contributed by atoms with van der Waals surface area (Å²) in [7, 11) is 1.58. The Morgan fingerprint density at radius 3 is 2.47 bits per heavy atom. The van der Waals surface area contributed by atoms with Crippen molar-refractivity contribution >= 4 is 17.5 Å². The summed E-state index contributed by atoms with van der Waals surface area (Å²) in [6.07, 6.45) is 0.840. The highest BCUT2D eigenvalue weighted by Crippen LogP contribution is 2.34. The number of amides is 2. The Balaban J connectivity index is 1.59. The van der Waals surface area contributed by atoms with Crippen molar-refractivity contribution in [3.8, 4) is 17.2 Å². The average Bonchev–Trinajstić information content (AvgIpc) is 3.07. The molecule has 8 heteroatoms. The van der Waals surface area contributed by atoms with Crippen LogP contribution in [0.3, 0.4) is 0 Å². The summed E-state index contributed by atoms with van der Waals surface area (Å²) in [5, 5.41) is 5.99. The summed E-state index contributed by atoms with van der Waals surface area (Å²) in [6, 6.07) is 12.8. The molecule has 3 rings (SSSR count). The lowest BCUT2D eigenvalue weighted by molar-refractivity contribution is -0.124. The molecule has 0 fully saturated rings. The van der Waals surface area contributed by atoms with E-state index in [4.69, 9.17) is 14.2 Å². The van der Waals surface area contributed by atoms with Crippen LogP contribution in [0.15, 0.2) is 42.5 Å². The third kappa shape index (κ3) is 7.12. The van der Waals surface area contributed by atoms with Gasteiger partial charge in [0.25, 0.3) is 0 Å². The lowest BCUT2D eigenvalue weighted by atomic mass is 9.95. The number of ether oxygens (including phenoxy) is 3. The van der Waals surface area contributed by atoms with Crippen LogP contribution in [0.5, 0.6) is 17.2 Å². The van der Waals surface area contributed by atoms with E-state index in [9.17, 15) is 9.59 Å². The predicted octanol–water partition coefficient (Wildman–Crippen LogP) is 3.63.